The van der Waals surface area contributed by atoms with E-state index in [1.807, 2.05) is 11.0 Å². The van der Waals surface area contributed by atoms with E-state index in [0.29, 0.717) is 37.4 Å². The van der Waals surface area contributed by atoms with Gasteiger partial charge in [0.25, 0.3) is 11.8 Å². The Balaban J connectivity index is 1.51. The number of hydrogen-bond donors (Lipinski definition) is 1. The number of carbonyl (C=O) groups excluding carboxylic acids is 3. The minimum atomic E-state index is -4.56. The van der Waals surface area contributed by atoms with E-state index in [4.69, 9.17) is 5.73 Å². The Kier molecular flexibility index (Phi) is 7.49. The standard InChI is InChI=1S/C27H27F3N4O3/c1-18-21(25(31)36)15-23(34(18)16-20-9-5-6-10-22(20)27(28,29)30)24(35)17-32-11-13-33(14-12-32)26(37)19-7-3-2-4-8-19/h2-10,15H,11-14,16-17H2,1H3,(H2,31,36). The molecule has 7 nitrogen and oxygen atoms in total. The number of primary amides is 1. The van der Waals surface area contributed by atoms with Crippen molar-refractivity contribution in [3.63, 3.8) is 0 Å². The number of alkyl halides is 3. The zero-order chi connectivity index (χ0) is 26.7. The van der Waals surface area contributed by atoms with E-state index in [1.54, 1.807) is 36.1 Å². The summed E-state index contributed by atoms with van der Waals surface area (Å²) in [5.74, 6) is -1.18. The van der Waals surface area contributed by atoms with E-state index < -0.39 is 17.6 Å². The number of rotatable bonds is 7. The Morgan fingerprint density at radius 1 is 0.919 bits per heavy atom. The molecule has 0 saturated carbocycles. The lowest BCUT2D eigenvalue weighted by Gasteiger charge is -2.34. The number of aromatic nitrogens is 1. The fourth-order valence-electron chi connectivity index (χ4n) is 4.59. The Morgan fingerprint density at radius 3 is 2.16 bits per heavy atom. The highest BCUT2D eigenvalue weighted by Crippen LogP contribution is 2.33. The van der Waals surface area contributed by atoms with Gasteiger partial charge in [-0.2, -0.15) is 13.2 Å². The Labute approximate surface area is 212 Å². The van der Waals surface area contributed by atoms with E-state index in [0.717, 1.165) is 6.07 Å². The first-order valence-corrected chi connectivity index (χ1v) is 11.8. The lowest BCUT2D eigenvalue weighted by atomic mass is 10.1. The molecule has 2 N–H and O–H groups in total. The van der Waals surface area contributed by atoms with Gasteiger partial charge in [-0.15, -0.1) is 0 Å². The number of nitrogens with two attached hydrogens (primary N) is 1. The molecule has 2 heterocycles. The van der Waals surface area contributed by atoms with Crippen molar-refractivity contribution in [2.45, 2.75) is 19.6 Å². The Morgan fingerprint density at radius 2 is 1.54 bits per heavy atom. The summed E-state index contributed by atoms with van der Waals surface area (Å²) in [6.45, 7) is 3.11. The van der Waals surface area contributed by atoms with Gasteiger partial charge in [-0.3, -0.25) is 19.3 Å². The normalized spacial score (nSPS) is 14.5. The van der Waals surface area contributed by atoms with Crippen LogP contribution in [-0.2, 0) is 12.7 Å². The molecule has 0 radical (unpaired) electrons. The molecule has 1 saturated heterocycles. The summed E-state index contributed by atoms with van der Waals surface area (Å²) >= 11 is 0. The summed E-state index contributed by atoms with van der Waals surface area (Å²) in [6, 6.07) is 15.4. The zero-order valence-corrected chi connectivity index (χ0v) is 20.3. The van der Waals surface area contributed by atoms with Crippen LogP contribution >= 0.6 is 0 Å². The van der Waals surface area contributed by atoms with Crippen LogP contribution in [0.4, 0.5) is 13.2 Å². The summed E-state index contributed by atoms with van der Waals surface area (Å²) < 4.78 is 42.1. The third kappa shape index (κ3) is 5.75. The first kappa shape index (κ1) is 26.2. The van der Waals surface area contributed by atoms with Gasteiger partial charge in [0.1, 0.15) is 0 Å². The number of piperazine rings is 1. The van der Waals surface area contributed by atoms with Crippen LogP contribution in [-0.4, -0.2) is 64.7 Å². The number of halogens is 3. The maximum Gasteiger partial charge on any atom is 0.416 e. The van der Waals surface area contributed by atoms with Gasteiger partial charge in [-0.05, 0) is 36.8 Å². The molecule has 37 heavy (non-hydrogen) atoms. The summed E-state index contributed by atoms with van der Waals surface area (Å²) in [4.78, 5) is 41.6. The first-order valence-electron chi connectivity index (χ1n) is 11.8. The van der Waals surface area contributed by atoms with Crippen molar-refractivity contribution in [2.24, 2.45) is 5.73 Å². The van der Waals surface area contributed by atoms with Crippen LogP contribution in [0.25, 0.3) is 0 Å². The highest BCUT2D eigenvalue weighted by Gasteiger charge is 2.33. The van der Waals surface area contributed by atoms with Gasteiger partial charge < -0.3 is 15.2 Å². The average Bonchev–Trinajstić information content (AvgIpc) is 3.20. The predicted octanol–water partition coefficient (Wildman–Crippen LogP) is 3.60. The molecule has 4 rings (SSSR count). The molecule has 3 aromatic rings. The zero-order valence-electron chi connectivity index (χ0n) is 20.3. The highest BCUT2D eigenvalue weighted by molar-refractivity contribution is 6.01. The van der Waals surface area contributed by atoms with Crippen molar-refractivity contribution in [3.05, 3.63) is 94.3 Å². The molecule has 0 unspecified atom stereocenters. The van der Waals surface area contributed by atoms with Crippen LogP contribution in [0.15, 0.2) is 60.7 Å². The second kappa shape index (κ2) is 10.6. The molecular formula is C27H27F3N4O3. The maximum absolute atomic E-state index is 13.6. The predicted molar refractivity (Wildman–Crippen MR) is 131 cm³/mol. The van der Waals surface area contributed by atoms with E-state index >= 15 is 0 Å². The first-order chi connectivity index (χ1) is 17.6. The topological polar surface area (TPSA) is 88.6 Å². The van der Waals surface area contributed by atoms with E-state index in [2.05, 4.69) is 0 Å². The van der Waals surface area contributed by atoms with Crippen molar-refractivity contribution in [1.29, 1.82) is 0 Å². The second-order valence-electron chi connectivity index (χ2n) is 8.99. The van der Waals surface area contributed by atoms with Crippen molar-refractivity contribution in [1.82, 2.24) is 14.4 Å². The fourth-order valence-corrected chi connectivity index (χ4v) is 4.59. The third-order valence-corrected chi connectivity index (χ3v) is 6.62. The van der Waals surface area contributed by atoms with Crippen molar-refractivity contribution in [3.8, 4) is 0 Å². The Hall–Kier alpha value is -3.92. The van der Waals surface area contributed by atoms with Crippen molar-refractivity contribution >= 4 is 17.6 Å². The number of carbonyl (C=O) groups is 3. The Bertz CT molecular complexity index is 1310. The van der Waals surface area contributed by atoms with Crippen LogP contribution in [0.1, 0.15) is 48.0 Å². The summed E-state index contributed by atoms with van der Waals surface area (Å²) in [5, 5.41) is 0. The van der Waals surface area contributed by atoms with E-state index in [9.17, 15) is 27.6 Å². The average molecular weight is 513 g/mol. The molecule has 1 fully saturated rings. The molecule has 10 heteroatoms. The number of hydrogen-bond acceptors (Lipinski definition) is 4. The second-order valence-corrected chi connectivity index (χ2v) is 8.99. The molecule has 194 valence electrons. The third-order valence-electron chi connectivity index (χ3n) is 6.62. The smallest absolute Gasteiger partial charge is 0.366 e. The molecule has 1 aliphatic heterocycles. The number of nitrogens with zero attached hydrogens (tertiary/aromatic N) is 3. The SMILES string of the molecule is Cc1c(C(N)=O)cc(C(=O)CN2CCN(C(=O)c3ccccc3)CC2)n1Cc1ccccc1C(F)(F)F. The van der Waals surface area contributed by atoms with E-state index in [-0.39, 0.29) is 41.6 Å². The van der Waals surface area contributed by atoms with Crippen LogP contribution in [0.5, 0.6) is 0 Å². The number of benzene rings is 2. The van der Waals surface area contributed by atoms with Crippen LogP contribution in [0, 0.1) is 6.92 Å². The minimum Gasteiger partial charge on any atom is -0.366 e. The van der Waals surface area contributed by atoms with Gasteiger partial charge in [0.15, 0.2) is 5.78 Å². The number of amides is 2. The van der Waals surface area contributed by atoms with Gasteiger partial charge in [-0.25, -0.2) is 0 Å². The minimum absolute atomic E-state index is 0.00403. The van der Waals surface area contributed by atoms with Crippen LogP contribution in [0.2, 0.25) is 0 Å². The number of ketones is 1. The summed E-state index contributed by atoms with van der Waals surface area (Å²) in [6.07, 6.45) is -4.56. The maximum atomic E-state index is 13.6. The van der Waals surface area contributed by atoms with Crippen LogP contribution in [0.3, 0.4) is 0 Å². The summed E-state index contributed by atoms with van der Waals surface area (Å²) in [5.41, 5.74) is 5.77. The monoisotopic (exact) mass is 512 g/mol. The largest absolute Gasteiger partial charge is 0.416 e. The molecule has 0 bridgehead atoms. The molecule has 0 atom stereocenters. The quantitative estimate of drug-likeness (QED) is 0.490. The number of Topliss-reactive ketones (excluding diaryl/α,β-unsaturated/α-hetero) is 1. The van der Waals surface area contributed by atoms with E-state index in [1.165, 1.54) is 28.8 Å². The van der Waals surface area contributed by atoms with Gasteiger partial charge in [0.05, 0.1) is 23.4 Å². The molecule has 0 spiro atoms. The van der Waals surface area contributed by atoms with Gasteiger partial charge >= 0.3 is 6.18 Å². The molecular weight excluding hydrogens is 485 g/mol. The van der Waals surface area contributed by atoms with Gasteiger partial charge in [-0.1, -0.05) is 36.4 Å². The molecule has 0 aliphatic carbocycles. The van der Waals surface area contributed by atoms with Gasteiger partial charge in [0, 0.05) is 44.0 Å². The van der Waals surface area contributed by atoms with Gasteiger partial charge in [0.2, 0.25) is 0 Å². The molecule has 1 aliphatic rings. The summed E-state index contributed by atoms with van der Waals surface area (Å²) in [7, 11) is 0. The molecule has 1 aromatic heterocycles. The highest BCUT2D eigenvalue weighted by atomic mass is 19.4. The molecule has 2 amide bonds. The van der Waals surface area contributed by atoms with Crippen molar-refractivity contribution in [2.75, 3.05) is 32.7 Å². The fraction of sp³-hybridized carbons (Fsp3) is 0.296. The van der Waals surface area contributed by atoms with Crippen LogP contribution < -0.4 is 5.73 Å². The lowest BCUT2D eigenvalue weighted by Crippen LogP contribution is -2.50. The lowest BCUT2D eigenvalue weighted by molar-refractivity contribution is -0.138. The van der Waals surface area contributed by atoms with Crippen molar-refractivity contribution < 1.29 is 27.6 Å². The molecule has 2 aromatic carbocycles.